The topological polar surface area (TPSA) is 75.4 Å². The van der Waals surface area contributed by atoms with E-state index in [4.69, 9.17) is 9.52 Å². The Morgan fingerprint density at radius 3 is 2.65 bits per heavy atom. The van der Waals surface area contributed by atoms with Gasteiger partial charge in [0.25, 0.3) is 0 Å². The normalized spacial score (nSPS) is 12.4. The number of aromatic carboxylic acids is 1. The van der Waals surface area contributed by atoms with E-state index in [1.54, 1.807) is 12.3 Å². The Morgan fingerprint density at radius 2 is 2.10 bits per heavy atom. The van der Waals surface area contributed by atoms with E-state index in [1.807, 2.05) is 32.9 Å². The molecule has 2 aromatic rings. The second kappa shape index (κ2) is 5.77. The van der Waals surface area contributed by atoms with Gasteiger partial charge >= 0.3 is 5.97 Å². The van der Waals surface area contributed by atoms with Gasteiger partial charge in [-0.2, -0.15) is 0 Å². The molecule has 20 heavy (non-hydrogen) atoms. The van der Waals surface area contributed by atoms with Gasteiger partial charge < -0.3 is 14.8 Å². The lowest BCUT2D eigenvalue weighted by Crippen LogP contribution is -2.10. The lowest BCUT2D eigenvalue weighted by atomic mass is 10.1. The number of nitrogens with one attached hydrogen (secondary N) is 1. The Kier molecular flexibility index (Phi) is 4.08. The van der Waals surface area contributed by atoms with Gasteiger partial charge in [-0.25, -0.2) is 9.78 Å². The number of hydrogen-bond acceptors (Lipinski definition) is 4. The smallest absolute Gasteiger partial charge is 0.335 e. The van der Waals surface area contributed by atoms with Crippen LogP contribution in [0.25, 0.3) is 0 Å². The molecule has 2 rings (SSSR count). The van der Waals surface area contributed by atoms with Gasteiger partial charge in [-0.15, -0.1) is 0 Å². The van der Waals surface area contributed by atoms with E-state index in [0.717, 1.165) is 11.5 Å². The summed E-state index contributed by atoms with van der Waals surface area (Å²) in [4.78, 5) is 15.6. The highest BCUT2D eigenvalue weighted by molar-refractivity contribution is 5.88. The predicted molar refractivity (Wildman–Crippen MR) is 76.0 cm³/mol. The number of anilines is 1. The van der Waals surface area contributed by atoms with Crippen molar-refractivity contribution in [3.63, 3.8) is 0 Å². The van der Waals surface area contributed by atoms with E-state index >= 15 is 0 Å². The minimum absolute atomic E-state index is 0.0819. The fraction of sp³-hybridized carbons (Fsp3) is 0.333. The lowest BCUT2D eigenvalue weighted by molar-refractivity contribution is 0.0696. The highest BCUT2D eigenvalue weighted by Gasteiger charge is 2.14. The summed E-state index contributed by atoms with van der Waals surface area (Å²) in [5.41, 5.74) is 0.983. The van der Waals surface area contributed by atoms with Crippen molar-refractivity contribution in [1.82, 2.24) is 4.98 Å². The van der Waals surface area contributed by atoms with Crippen molar-refractivity contribution >= 4 is 11.8 Å². The zero-order valence-corrected chi connectivity index (χ0v) is 11.8. The first-order valence-corrected chi connectivity index (χ1v) is 6.52. The first-order chi connectivity index (χ1) is 9.47. The van der Waals surface area contributed by atoms with Crippen LogP contribution >= 0.6 is 0 Å². The largest absolute Gasteiger partial charge is 0.478 e. The van der Waals surface area contributed by atoms with Crippen LogP contribution in [0.1, 0.15) is 54.5 Å². The second-order valence-electron chi connectivity index (χ2n) is 5.01. The summed E-state index contributed by atoms with van der Waals surface area (Å²) in [5, 5.41) is 12.3. The van der Waals surface area contributed by atoms with E-state index in [2.05, 4.69) is 10.3 Å². The fourth-order valence-corrected chi connectivity index (χ4v) is 1.88. The third-order valence-corrected chi connectivity index (χ3v) is 3.02. The first kappa shape index (κ1) is 14.1. The van der Waals surface area contributed by atoms with Crippen molar-refractivity contribution in [2.75, 3.05) is 5.32 Å². The van der Waals surface area contributed by atoms with E-state index in [9.17, 15) is 4.79 Å². The molecule has 0 amide bonds. The monoisotopic (exact) mass is 274 g/mol. The number of pyridine rings is 1. The molecule has 5 nitrogen and oxygen atoms in total. The number of nitrogens with zero attached hydrogens (tertiary/aromatic N) is 1. The molecular weight excluding hydrogens is 256 g/mol. The van der Waals surface area contributed by atoms with Crippen molar-refractivity contribution in [2.45, 2.75) is 32.7 Å². The van der Waals surface area contributed by atoms with Crippen molar-refractivity contribution in [1.29, 1.82) is 0 Å². The standard InChI is InChI=1S/C15H18N2O3/c1-9(2)12-7-11(15(18)19)8-14(17-12)16-10(3)13-5-4-6-20-13/h4-10H,1-3H3,(H,16,17)(H,18,19). The zero-order chi connectivity index (χ0) is 14.7. The summed E-state index contributed by atoms with van der Waals surface area (Å²) in [6.07, 6.45) is 1.61. The molecule has 2 aromatic heterocycles. The molecule has 2 heterocycles. The molecule has 1 unspecified atom stereocenters. The quantitative estimate of drug-likeness (QED) is 0.870. The van der Waals surface area contributed by atoms with E-state index in [0.29, 0.717) is 5.82 Å². The van der Waals surface area contributed by atoms with Gasteiger partial charge in [-0.3, -0.25) is 0 Å². The summed E-state index contributed by atoms with van der Waals surface area (Å²) < 4.78 is 5.32. The first-order valence-electron chi connectivity index (χ1n) is 6.52. The third kappa shape index (κ3) is 3.17. The Morgan fingerprint density at radius 1 is 1.35 bits per heavy atom. The van der Waals surface area contributed by atoms with Gasteiger partial charge in [0.2, 0.25) is 0 Å². The molecule has 0 aliphatic heterocycles. The van der Waals surface area contributed by atoms with Gasteiger partial charge in [0.05, 0.1) is 17.9 Å². The predicted octanol–water partition coefficient (Wildman–Crippen LogP) is 3.67. The number of hydrogen-bond donors (Lipinski definition) is 2. The molecule has 5 heteroatoms. The van der Waals surface area contributed by atoms with Crippen LogP contribution in [0.2, 0.25) is 0 Å². The maximum absolute atomic E-state index is 11.2. The average molecular weight is 274 g/mol. The van der Waals surface area contributed by atoms with Gasteiger partial charge in [0.15, 0.2) is 0 Å². The summed E-state index contributed by atoms with van der Waals surface area (Å²) in [6, 6.07) is 6.74. The Balaban J connectivity index is 2.28. The molecule has 0 spiro atoms. The second-order valence-corrected chi connectivity index (χ2v) is 5.01. The van der Waals surface area contributed by atoms with E-state index in [-0.39, 0.29) is 17.5 Å². The van der Waals surface area contributed by atoms with Crippen LogP contribution in [-0.4, -0.2) is 16.1 Å². The van der Waals surface area contributed by atoms with Crippen LogP contribution in [0.15, 0.2) is 34.9 Å². The summed E-state index contributed by atoms with van der Waals surface area (Å²) >= 11 is 0. The van der Waals surface area contributed by atoms with Crippen LogP contribution < -0.4 is 5.32 Å². The molecule has 0 aliphatic rings. The molecular formula is C15H18N2O3. The Hall–Kier alpha value is -2.30. The summed E-state index contributed by atoms with van der Waals surface area (Å²) in [6.45, 7) is 5.89. The zero-order valence-electron chi connectivity index (χ0n) is 11.8. The summed E-state index contributed by atoms with van der Waals surface area (Å²) in [5.74, 6) is 0.521. The van der Waals surface area contributed by atoms with Crippen molar-refractivity contribution < 1.29 is 14.3 Å². The van der Waals surface area contributed by atoms with Gasteiger partial charge in [0.1, 0.15) is 11.6 Å². The molecule has 0 saturated heterocycles. The number of carboxylic acid groups (broad SMARTS) is 1. The number of carbonyl (C=O) groups is 1. The molecule has 0 radical (unpaired) electrons. The Labute approximate surface area is 117 Å². The van der Waals surface area contributed by atoms with Crippen LogP contribution in [0, 0.1) is 0 Å². The number of aromatic nitrogens is 1. The van der Waals surface area contributed by atoms with Gasteiger partial charge in [-0.05, 0) is 37.1 Å². The minimum Gasteiger partial charge on any atom is -0.478 e. The molecule has 0 fully saturated rings. The van der Waals surface area contributed by atoms with E-state index in [1.165, 1.54) is 6.07 Å². The van der Waals surface area contributed by atoms with Gasteiger partial charge in [0, 0.05) is 5.69 Å². The number of furan rings is 1. The fourth-order valence-electron chi connectivity index (χ4n) is 1.88. The van der Waals surface area contributed by atoms with Crippen LogP contribution in [0.5, 0.6) is 0 Å². The lowest BCUT2D eigenvalue weighted by Gasteiger charge is -2.15. The van der Waals surface area contributed by atoms with Crippen molar-refractivity contribution in [3.8, 4) is 0 Å². The molecule has 1 atom stereocenters. The number of rotatable bonds is 5. The average Bonchev–Trinajstić information content (AvgIpc) is 2.92. The third-order valence-electron chi connectivity index (χ3n) is 3.02. The van der Waals surface area contributed by atoms with Gasteiger partial charge in [-0.1, -0.05) is 13.8 Å². The number of carboxylic acids is 1. The SMILES string of the molecule is CC(C)c1cc(C(=O)O)cc(NC(C)c2ccco2)n1. The van der Waals surface area contributed by atoms with Crippen LogP contribution in [0.3, 0.4) is 0 Å². The van der Waals surface area contributed by atoms with Crippen LogP contribution in [0.4, 0.5) is 5.82 Å². The maximum Gasteiger partial charge on any atom is 0.335 e. The molecule has 106 valence electrons. The molecule has 0 aliphatic carbocycles. The highest BCUT2D eigenvalue weighted by atomic mass is 16.4. The van der Waals surface area contributed by atoms with E-state index < -0.39 is 5.97 Å². The molecule has 2 N–H and O–H groups in total. The van der Waals surface area contributed by atoms with Crippen LogP contribution in [-0.2, 0) is 0 Å². The van der Waals surface area contributed by atoms with Crippen molar-refractivity contribution in [3.05, 3.63) is 47.5 Å². The maximum atomic E-state index is 11.2. The highest BCUT2D eigenvalue weighted by Crippen LogP contribution is 2.22. The molecule has 0 saturated carbocycles. The minimum atomic E-state index is -0.956. The molecule has 0 bridgehead atoms. The molecule has 0 aromatic carbocycles. The Bertz CT molecular complexity index is 591. The van der Waals surface area contributed by atoms with Crippen molar-refractivity contribution in [2.24, 2.45) is 0 Å². The summed E-state index contributed by atoms with van der Waals surface area (Å²) in [7, 11) is 0.